The zero-order chi connectivity index (χ0) is 14.9. The van der Waals surface area contributed by atoms with Gasteiger partial charge >= 0.3 is 12.1 Å². The molecule has 1 aromatic carbocycles. The normalized spacial score (nSPS) is 11.4. The van der Waals surface area contributed by atoms with Gasteiger partial charge in [-0.3, -0.25) is 4.98 Å². The van der Waals surface area contributed by atoms with E-state index in [4.69, 9.17) is 5.11 Å². The molecule has 20 heavy (non-hydrogen) atoms. The molecule has 2 rings (SSSR count). The number of benzene rings is 1. The second kappa shape index (κ2) is 4.96. The summed E-state index contributed by atoms with van der Waals surface area (Å²) < 4.78 is 37.5. The van der Waals surface area contributed by atoms with Crippen molar-refractivity contribution in [3.63, 3.8) is 0 Å². The summed E-state index contributed by atoms with van der Waals surface area (Å²) in [5.74, 6) is -1.17. The Morgan fingerprint density at radius 3 is 2.20 bits per heavy atom. The Labute approximate surface area is 112 Å². The van der Waals surface area contributed by atoms with Crippen molar-refractivity contribution in [2.24, 2.45) is 0 Å². The lowest BCUT2D eigenvalue weighted by Gasteiger charge is -2.09. The zero-order valence-electron chi connectivity index (χ0n) is 10.4. The molecule has 1 N–H and O–H groups in total. The fourth-order valence-electron chi connectivity index (χ4n) is 1.77. The minimum Gasteiger partial charge on any atom is -0.478 e. The zero-order valence-corrected chi connectivity index (χ0v) is 10.4. The first-order valence-electron chi connectivity index (χ1n) is 5.67. The molecule has 0 saturated heterocycles. The second-order valence-electron chi connectivity index (χ2n) is 4.23. The molecule has 2 aromatic rings. The first-order valence-corrected chi connectivity index (χ1v) is 5.67. The Balaban J connectivity index is 2.52. The summed E-state index contributed by atoms with van der Waals surface area (Å²) in [4.78, 5) is 15.2. The van der Waals surface area contributed by atoms with E-state index >= 15 is 0 Å². The lowest BCUT2D eigenvalue weighted by Crippen LogP contribution is -2.05. The number of carboxylic acids is 1. The summed E-state index contributed by atoms with van der Waals surface area (Å²) in [6.07, 6.45) is -4.42. The molecule has 0 aliphatic rings. The number of aromatic carboxylic acids is 1. The van der Waals surface area contributed by atoms with Crippen LogP contribution in [0.3, 0.4) is 0 Å². The van der Waals surface area contributed by atoms with Gasteiger partial charge in [0.15, 0.2) is 0 Å². The highest BCUT2D eigenvalue weighted by Gasteiger charge is 2.30. The number of halogens is 3. The standard InChI is InChI=1S/C14H10F3NO2/c1-8-2-7-11(13(19)20)12(18-8)9-3-5-10(6-4-9)14(15,16)17/h2-7H,1H3,(H,19,20). The van der Waals surface area contributed by atoms with Gasteiger partial charge in [0, 0.05) is 11.3 Å². The van der Waals surface area contributed by atoms with Crippen molar-refractivity contribution >= 4 is 5.97 Å². The Kier molecular flexibility index (Phi) is 3.48. The molecule has 0 saturated carbocycles. The maximum absolute atomic E-state index is 12.5. The van der Waals surface area contributed by atoms with Gasteiger partial charge in [0.2, 0.25) is 0 Å². The number of nitrogens with zero attached hydrogens (tertiary/aromatic N) is 1. The first-order chi connectivity index (χ1) is 9.29. The molecular formula is C14H10F3NO2. The molecule has 0 amide bonds. The smallest absolute Gasteiger partial charge is 0.416 e. The number of carboxylic acid groups (broad SMARTS) is 1. The maximum atomic E-state index is 12.5. The highest BCUT2D eigenvalue weighted by molar-refractivity contribution is 5.94. The molecule has 0 fully saturated rings. The van der Waals surface area contributed by atoms with Crippen LogP contribution in [0.15, 0.2) is 36.4 Å². The van der Waals surface area contributed by atoms with Crippen LogP contribution in [-0.2, 0) is 6.18 Å². The highest BCUT2D eigenvalue weighted by atomic mass is 19.4. The summed E-state index contributed by atoms with van der Waals surface area (Å²) in [7, 11) is 0. The molecule has 3 nitrogen and oxygen atoms in total. The quantitative estimate of drug-likeness (QED) is 0.911. The lowest BCUT2D eigenvalue weighted by atomic mass is 10.0. The van der Waals surface area contributed by atoms with E-state index in [0.717, 1.165) is 12.1 Å². The predicted molar refractivity (Wildman–Crippen MR) is 66.4 cm³/mol. The van der Waals surface area contributed by atoms with E-state index in [0.29, 0.717) is 11.3 Å². The Hall–Kier alpha value is -2.37. The van der Waals surface area contributed by atoms with Crippen LogP contribution in [0.1, 0.15) is 21.6 Å². The summed E-state index contributed by atoms with van der Waals surface area (Å²) in [6, 6.07) is 7.18. The number of carbonyl (C=O) groups is 1. The van der Waals surface area contributed by atoms with Gasteiger partial charge in [-0.05, 0) is 31.2 Å². The number of alkyl halides is 3. The minimum absolute atomic E-state index is 0.0460. The molecule has 1 aromatic heterocycles. The van der Waals surface area contributed by atoms with Gasteiger partial charge < -0.3 is 5.11 Å². The SMILES string of the molecule is Cc1ccc(C(=O)O)c(-c2ccc(C(F)(F)F)cc2)n1. The third kappa shape index (κ3) is 2.79. The van der Waals surface area contributed by atoms with Crippen LogP contribution in [0.2, 0.25) is 0 Å². The van der Waals surface area contributed by atoms with Crippen LogP contribution < -0.4 is 0 Å². The molecular weight excluding hydrogens is 271 g/mol. The van der Waals surface area contributed by atoms with Crippen LogP contribution in [0.4, 0.5) is 13.2 Å². The molecule has 6 heteroatoms. The molecule has 0 aliphatic heterocycles. The number of pyridine rings is 1. The van der Waals surface area contributed by atoms with E-state index in [1.165, 1.54) is 24.3 Å². The van der Waals surface area contributed by atoms with Gasteiger partial charge in [0.1, 0.15) is 0 Å². The van der Waals surface area contributed by atoms with Gasteiger partial charge in [0.25, 0.3) is 0 Å². The molecule has 1 heterocycles. The highest BCUT2D eigenvalue weighted by Crippen LogP contribution is 2.31. The monoisotopic (exact) mass is 281 g/mol. The molecule has 0 atom stereocenters. The lowest BCUT2D eigenvalue weighted by molar-refractivity contribution is -0.137. The Morgan fingerprint density at radius 2 is 1.70 bits per heavy atom. The average Bonchev–Trinajstić information content (AvgIpc) is 2.37. The van der Waals surface area contributed by atoms with Gasteiger partial charge in [-0.15, -0.1) is 0 Å². The van der Waals surface area contributed by atoms with E-state index in [2.05, 4.69) is 4.98 Å². The average molecular weight is 281 g/mol. The largest absolute Gasteiger partial charge is 0.478 e. The van der Waals surface area contributed by atoms with Gasteiger partial charge in [0.05, 0.1) is 16.8 Å². The first kappa shape index (κ1) is 14.0. The molecule has 0 radical (unpaired) electrons. The van der Waals surface area contributed by atoms with Crippen LogP contribution >= 0.6 is 0 Å². The fraction of sp³-hybridized carbons (Fsp3) is 0.143. The van der Waals surface area contributed by atoms with Crippen molar-refractivity contribution in [1.82, 2.24) is 4.98 Å². The second-order valence-corrected chi connectivity index (χ2v) is 4.23. The van der Waals surface area contributed by atoms with Crippen LogP contribution in [-0.4, -0.2) is 16.1 Å². The van der Waals surface area contributed by atoms with Gasteiger partial charge in [-0.1, -0.05) is 12.1 Å². The Morgan fingerprint density at radius 1 is 1.10 bits per heavy atom. The van der Waals surface area contributed by atoms with E-state index in [1.807, 2.05) is 0 Å². The number of hydrogen-bond donors (Lipinski definition) is 1. The van der Waals surface area contributed by atoms with Crippen LogP contribution in [0.5, 0.6) is 0 Å². The third-order valence-corrected chi connectivity index (χ3v) is 2.75. The van der Waals surface area contributed by atoms with Crippen molar-refractivity contribution in [3.05, 3.63) is 53.2 Å². The number of aromatic nitrogens is 1. The minimum atomic E-state index is -4.42. The third-order valence-electron chi connectivity index (χ3n) is 2.75. The van der Waals surface area contributed by atoms with E-state index in [9.17, 15) is 18.0 Å². The molecule has 0 spiro atoms. The summed E-state index contributed by atoms with van der Waals surface area (Å²) in [6.45, 7) is 1.68. The van der Waals surface area contributed by atoms with Crippen molar-refractivity contribution in [3.8, 4) is 11.3 Å². The number of rotatable bonds is 2. The van der Waals surface area contributed by atoms with Gasteiger partial charge in [-0.25, -0.2) is 4.79 Å². The molecule has 0 unspecified atom stereocenters. The fourth-order valence-corrected chi connectivity index (χ4v) is 1.77. The van der Waals surface area contributed by atoms with Crippen LogP contribution in [0, 0.1) is 6.92 Å². The maximum Gasteiger partial charge on any atom is 0.416 e. The van der Waals surface area contributed by atoms with Crippen molar-refractivity contribution in [2.75, 3.05) is 0 Å². The van der Waals surface area contributed by atoms with Crippen molar-refractivity contribution in [2.45, 2.75) is 13.1 Å². The summed E-state index contributed by atoms with van der Waals surface area (Å²) in [5.41, 5.74) is 0.247. The van der Waals surface area contributed by atoms with Crippen molar-refractivity contribution < 1.29 is 23.1 Å². The summed E-state index contributed by atoms with van der Waals surface area (Å²) in [5, 5.41) is 9.08. The number of hydrogen-bond acceptors (Lipinski definition) is 2. The van der Waals surface area contributed by atoms with E-state index in [-0.39, 0.29) is 11.3 Å². The molecule has 0 aliphatic carbocycles. The molecule has 0 bridgehead atoms. The van der Waals surface area contributed by atoms with Crippen LogP contribution in [0.25, 0.3) is 11.3 Å². The predicted octanol–water partition coefficient (Wildman–Crippen LogP) is 3.77. The van der Waals surface area contributed by atoms with E-state index < -0.39 is 17.7 Å². The Bertz CT molecular complexity index is 648. The molecule has 104 valence electrons. The van der Waals surface area contributed by atoms with Crippen molar-refractivity contribution in [1.29, 1.82) is 0 Å². The van der Waals surface area contributed by atoms with Gasteiger partial charge in [-0.2, -0.15) is 13.2 Å². The summed E-state index contributed by atoms with van der Waals surface area (Å²) >= 11 is 0. The topological polar surface area (TPSA) is 50.2 Å². The number of aryl methyl sites for hydroxylation is 1. The van der Waals surface area contributed by atoms with E-state index in [1.54, 1.807) is 6.92 Å².